The molecule has 1 rings (SSSR count). The molecule has 0 radical (unpaired) electrons. The van der Waals surface area contributed by atoms with Crippen molar-refractivity contribution in [2.45, 2.75) is 32.6 Å². The summed E-state index contributed by atoms with van der Waals surface area (Å²) in [6.07, 6.45) is 0.0648. The Kier molecular flexibility index (Phi) is 5.86. The molecule has 1 heterocycles. The average Bonchev–Trinajstić information content (AvgIpc) is 2.54. The Morgan fingerprint density at radius 3 is 2.75 bits per heavy atom. The predicted molar refractivity (Wildman–Crippen MR) is 72.8 cm³/mol. The molecular weight excluding hydrogens is 288 g/mol. The summed E-state index contributed by atoms with van der Waals surface area (Å²) in [7, 11) is 2.03. The van der Waals surface area contributed by atoms with E-state index in [4.69, 9.17) is 4.74 Å². The van der Waals surface area contributed by atoms with E-state index in [9.17, 15) is 0 Å². The number of thioether (sulfide) groups is 1. The van der Waals surface area contributed by atoms with Crippen LogP contribution in [0.15, 0.2) is 4.73 Å². The van der Waals surface area contributed by atoms with Gasteiger partial charge in [-0.05, 0) is 35.5 Å². The van der Waals surface area contributed by atoms with Crippen molar-refractivity contribution in [3.8, 4) is 0 Å². The lowest BCUT2D eigenvalue weighted by atomic mass is 10.2. The number of hydrogen-bond donors (Lipinski definition) is 0. The zero-order chi connectivity index (χ0) is 12.1. The fourth-order valence-electron chi connectivity index (χ4n) is 1.55. The number of nitrogens with zero attached hydrogens (tertiary/aromatic N) is 2. The fourth-order valence-corrected chi connectivity index (χ4v) is 2.69. The van der Waals surface area contributed by atoms with Crippen LogP contribution in [0.3, 0.4) is 0 Å². The predicted octanol–water partition coefficient (Wildman–Crippen LogP) is 3.53. The van der Waals surface area contributed by atoms with Crippen LogP contribution in [0.2, 0.25) is 0 Å². The van der Waals surface area contributed by atoms with Crippen molar-refractivity contribution < 1.29 is 4.74 Å². The smallest absolute Gasteiger partial charge is 0.177 e. The third-order valence-electron chi connectivity index (χ3n) is 2.43. The molecule has 0 bridgehead atoms. The van der Waals surface area contributed by atoms with Gasteiger partial charge in [-0.2, -0.15) is 11.8 Å². The van der Waals surface area contributed by atoms with E-state index >= 15 is 0 Å². The number of imidazole rings is 1. The number of halogens is 1. The zero-order valence-electron chi connectivity index (χ0n) is 10.3. The third-order valence-corrected chi connectivity index (χ3v) is 4.03. The monoisotopic (exact) mass is 306 g/mol. The highest BCUT2D eigenvalue weighted by Crippen LogP contribution is 2.26. The Morgan fingerprint density at radius 1 is 1.50 bits per heavy atom. The van der Waals surface area contributed by atoms with E-state index in [0.717, 1.165) is 28.5 Å². The molecule has 1 unspecified atom stereocenters. The van der Waals surface area contributed by atoms with Gasteiger partial charge in [0.2, 0.25) is 0 Å². The minimum absolute atomic E-state index is 0.0648. The summed E-state index contributed by atoms with van der Waals surface area (Å²) in [5, 5.41) is 0. The summed E-state index contributed by atoms with van der Waals surface area (Å²) >= 11 is 5.37. The van der Waals surface area contributed by atoms with Gasteiger partial charge in [0, 0.05) is 19.4 Å². The summed E-state index contributed by atoms with van der Waals surface area (Å²) in [4.78, 5) is 4.52. The summed E-state index contributed by atoms with van der Waals surface area (Å²) in [6, 6.07) is 0. The topological polar surface area (TPSA) is 27.1 Å². The minimum Gasteiger partial charge on any atom is -0.372 e. The molecule has 0 fully saturated rings. The van der Waals surface area contributed by atoms with Crippen LogP contribution in [0.4, 0.5) is 0 Å². The molecule has 0 aliphatic heterocycles. The highest BCUT2D eigenvalue weighted by atomic mass is 79.9. The van der Waals surface area contributed by atoms with E-state index in [2.05, 4.69) is 39.3 Å². The number of aromatic nitrogens is 2. The lowest BCUT2D eigenvalue weighted by molar-refractivity contribution is 0.0730. The zero-order valence-corrected chi connectivity index (χ0v) is 12.7. The maximum absolute atomic E-state index is 5.61. The van der Waals surface area contributed by atoms with E-state index in [0.29, 0.717) is 0 Å². The summed E-state index contributed by atoms with van der Waals surface area (Å²) < 4.78 is 8.58. The van der Waals surface area contributed by atoms with Crippen LogP contribution in [-0.2, 0) is 17.5 Å². The molecule has 0 aromatic carbocycles. The molecule has 0 amide bonds. The molecule has 16 heavy (non-hydrogen) atoms. The van der Waals surface area contributed by atoms with Gasteiger partial charge >= 0.3 is 0 Å². The van der Waals surface area contributed by atoms with E-state index < -0.39 is 0 Å². The maximum atomic E-state index is 5.61. The molecule has 0 aliphatic rings. The molecule has 0 aliphatic carbocycles. The van der Waals surface area contributed by atoms with E-state index in [1.807, 2.05) is 25.7 Å². The van der Waals surface area contributed by atoms with Crippen molar-refractivity contribution in [2.24, 2.45) is 7.05 Å². The van der Waals surface area contributed by atoms with E-state index in [1.54, 1.807) is 0 Å². The van der Waals surface area contributed by atoms with Crippen molar-refractivity contribution in [1.29, 1.82) is 0 Å². The van der Waals surface area contributed by atoms with Crippen LogP contribution < -0.4 is 0 Å². The Hall–Kier alpha value is -0.0000000000000000555. The molecule has 0 N–H and O–H groups in total. The van der Waals surface area contributed by atoms with Crippen molar-refractivity contribution in [1.82, 2.24) is 9.55 Å². The van der Waals surface area contributed by atoms with Crippen LogP contribution in [-0.4, -0.2) is 21.9 Å². The average molecular weight is 307 g/mol. The van der Waals surface area contributed by atoms with Gasteiger partial charge in [-0.1, -0.05) is 6.92 Å². The second kappa shape index (κ2) is 6.67. The van der Waals surface area contributed by atoms with Crippen LogP contribution in [0.1, 0.15) is 38.3 Å². The third kappa shape index (κ3) is 3.25. The highest BCUT2D eigenvalue weighted by Gasteiger charge is 2.18. The van der Waals surface area contributed by atoms with E-state index in [-0.39, 0.29) is 6.10 Å². The van der Waals surface area contributed by atoms with Gasteiger partial charge in [0.15, 0.2) is 4.73 Å². The normalized spacial score (nSPS) is 13.1. The first-order chi connectivity index (χ1) is 7.61. The standard InChI is InChI=1S/C11H19BrN2OS/c1-5-15-8(3)10-9(7-16-6-2)14(4)11(12)13-10/h8H,5-7H2,1-4H3. The van der Waals surface area contributed by atoms with Crippen LogP contribution in [0.5, 0.6) is 0 Å². The van der Waals surface area contributed by atoms with Crippen molar-refractivity contribution in [2.75, 3.05) is 12.4 Å². The van der Waals surface area contributed by atoms with Crippen LogP contribution in [0, 0.1) is 0 Å². The van der Waals surface area contributed by atoms with Gasteiger partial charge < -0.3 is 9.30 Å². The molecule has 0 saturated carbocycles. The SMILES string of the molecule is CCOC(C)c1nc(Br)n(C)c1CSCC. The molecule has 5 heteroatoms. The lowest BCUT2D eigenvalue weighted by Gasteiger charge is -2.12. The first-order valence-corrected chi connectivity index (χ1v) is 7.46. The van der Waals surface area contributed by atoms with Crippen molar-refractivity contribution in [3.63, 3.8) is 0 Å². The molecule has 0 spiro atoms. The van der Waals surface area contributed by atoms with Crippen LogP contribution in [0.25, 0.3) is 0 Å². The molecule has 1 aromatic rings. The second-order valence-corrected chi connectivity index (χ2v) is 5.49. The summed E-state index contributed by atoms with van der Waals surface area (Å²) in [5.41, 5.74) is 2.30. The lowest BCUT2D eigenvalue weighted by Crippen LogP contribution is -2.05. The van der Waals surface area contributed by atoms with Gasteiger partial charge in [0.1, 0.15) is 0 Å². The largest absolute Gasteiger partial charge is 0.372 e. The first-order valence-electron chi connectivity index (χ1n) is 5.52. The Morgan fingerprint density at radius 2 is 2.19 bits per heavy atom. The van der Waals surface area contributed by atoms with Gasteiger partial charge in [-0.25, -0.2) is 4.98 Å². The van der Waals surface area contributed by atoms with Crippen LogP contribution >= 0.6 is 27.7 Å². The fraction of sp³-hybridized carbons (Fsp3) is 0.727. The van der Waals surface area contributed by atoms with Gasteiger partial charge in [-0.15, -0.1) is 0 Å². The maximum Gasteiger partial charge on any atom is 0.177 e. The van der Waals surface area contributed by atoms with Gasteiger partial charge in [0.25, 0.3) is 0 Å². The minimum atomic E-state index is 0.0648. The van der Waals surface area contributed by atoms with E-state index in [1.165, 1.54) is 5.69 Å². The molecule has 0 saturated heterocycles. The molecule has 92 valence electrons. The Labute approximate surface area is 110 Å². The number of ether oxygens (including phenoxy) is 1. The van der Waals surface area contributed by atoms with Gasteiger partial charge in [0.05, 0.1) is 17.5 Å². The molecule has 3 nitrogen and oxygen atoms in total. The Bertz CT molecular complexity index is 341. The first kappa shape index (κ1) is 14.1. The quantitative estimate of drug-likeness (QED) is 0.804. The van der Waals surface area contributed by atoms with Crippen molar-refractivity contribution >= 4 is 27.7 Å². The molecular formula is C11H19BrN2OS. The number of rotatable bonds is 6. The Balaban J connectivity index is 2.93. The summed E-state index contributed by atoms with van der Waals surface area (Å²) in [6.45, 7) is 6.95. The second-order valence-electron chi connectivity index (χ2n) is 3.51. The number of hydrogen-bond acceptors (Lipinski definition) is 3. The summed E-state index contributed by atoms with van der Waals surface area (Å²) in [5.74, 6) is 2.10. The van der Waals surface area contributed by atoms with Gasteiger partial charge in [-0.3, -0.25) is 0 Å². The highest BCUT2D eigenvalue weighted by molar-refractivity contribution is 9.10. The molecule has 1 atom stereocenters. The van der Waals surface area contributed by atoms with Crippen molar-refractivity contribution in [3.05, 3.63) is 16.1 Å². The molecule has 1 aromatic heterocycles.